The number of carbonyl (C=O) groups excluding carboxylic acids is 2. The number of hydrogen-bond acceptors (Lipinski definition) is 2. The summed E-state index contributed by atoms with van der Waals surface area (Å²) in [5, 5.41) is 0. The summed E-state index contributed by atoms with van der Waals surface area (Å²) in [6, 6.07) is 0. The zero-order valence-corrected chi connectivity index (χ0v) is 13.3. The number of carbonyl (C=O) groups is 2. The number of hydrogen-bond donors (Lipinski definition) is 0. The van der Waals surface area contributed by atoms with Gasteiger partial charge in [0.15, 0.2) is 0 Å². The van der Waals surface area contributed by atoms with E-state index in [1.54, 1.807) is 0 Å². The van der Waals surface area contributed by atoms with Gasteiger partial charge in [0.25, 0.3) is 0 Å². The fraction of sp³-hybridized carbons (Fsp3) is 0.889. The van der Waals surface area contributed by atoms with Gasteiger partial charge in [-0.25, -0.2) is 0 Å². The Morgan fingerprint density at radius 2 is 0.950 bits per heavy atom. The molecule has 0 saturated heterocycles. The molecule has 0 spiro atoms. The highest BCUT2D eigenvalue weighted by atomic mass is 16.1. The molecule has 20 heavy (non-hydrogen) atoms. The van der Waals surface area contributed by atoms with Gasteiger partial charge >= 0.3 is 0 Å². The maximum atomic E-state index is 12.5. The molecule has 2 fully saturated rings. The quantitative estimate of drug-likeness (QED) is 0.720. The van der Waals surface area contributed by atoms with Crippen LogP contribution in [0, 0.1) is 10.8 Å². The summed E-state index contributed by atoms with van der Waals surface area (Å²) in [5.41, 5.74) is -0.266. The Hall–Kier alpha value is -0.660. The van der Waals surface area contributed by atoms with Crippen LogP contribution in [0.25, 0.3) is 0 Å². The second kappa shape index (κ2) is 6.41. The molecule has 0 amide bonds. The minimum Gasteiger partial charge on any atom is -0.299 e. The van der Waals surface area contributed by atoms with Crippen molar-refractivity contribution in [3.8, 4) is 0 Å². The average Bonchev–Trinajstić information content (AvgIpc) is 2.46. The van der Waals surface area contributed by atoms with Crippen LogP contribution in [0.5, 0.6) is 0 Å². The first-order chi connectivity index (χ1) is 9.46. The summed E-state index contributed by atoms with van der Waals surface area (Å²) in [6.07, 6.45) is 12.3. The van der Waals surface area contributed by atoms with E-state index in [2.05, 4.69) is 13.8 Å². The third-order valence-electron chi connectivity index (χ3n) is 5.84. The Kier molecular flexibility index (Phi) is 5.04. The first-order valence-electron chi connectivity index (χ1n) is 8.53. The van der Waals surface area contributed by atoms with E-state index < -0.39 is 0 Å². The molecule has 0 unspecified atom stereocenters. The van der Waals surface area contributed by atoms with Crippen molar-refractivity contribution in [3.05, 3.63) is 0 Å². The second-order valence-electron chi connectivity index (χ2n) is 7.59. The van der Waals surface area contributed by atoms with Crippen molar-refractivity contribution < 1.29 is 9.59 Å². The van der Waals surface area contributed by atoms with Gasteiger partial charge in [-0.3, -0.25) is 9.59 Å². The van der Waals surface area contributed by atoms with Gasteiger partial charge in [-0.1, -0.05) is 52.4 Å². The molecular formula is C18H30O2. The molecule has 2 nitrogen and oxygen atoms in total. The van der Waals surface area contributed by atoms with Gasteiger partial charge in [-0.15, -0.1) is 0 Å². The Morgan fingerprint density at radius 3 is 1.25 bits per heavy atom. The molecular weight excluding hydrogens is 248 g/mol. The summed E-state index contributed by atoms with van der Waals surface area (Å²) < 4.78 is 0. The molecule has 2 rings (SSSR count). The fourth-order valence-electron chi connectivity index (χ4n) is 4.05. The number of Topliss-reactive ketones (excluding diaryl/α,β-unsaturated/α-hetero) is 2. The average molecular weight is 278 g/mol. The summed E-state index contributed by atoms with van der Waals surface area (Å²) in [7, 11) is 0. The van der Waals surface area contributed by atoms with Gasteiger partial charge < -0.3 is 0 Å². The highest BCUT2D eigenvalue weighted by Gasteiger charge is 2.37. The molecule has 0 atom stereocenters. The van der Waals surface area contributed by atoms with Crippen molar-refractivity contribution in [2.75, 3.05) is 0 Å². The van der Waals surface area contributed by atoms with Crippen molar-refractivity contribution in [3.63, 3.8) is 0 Å². The molecule has 2 aliphatic rings. The molecule has 114 valence electrons. The second-order valence-corrected chi connectivity index (χ2v) is 7.59. The Morgan fingerprint density at radius 1 is 0.650 bits per heavy atom. The maximum Gasteiger partial charge on any atom is 0.139 e. The van der Waals surface area contributed by atoms with Gasteiger partial charge in [0, 0.05) is 23.7 Å². The zero-order chi connectivity index (χ0) is 14.6. The van der Waals surface area contributed by atoms with Crippen LogP contribution < -0.4 is 0 Å². The molecule has 0 bridgehead atoms. The van der Waals surface area contributed by atoms with Crippen LogP contribution in [0.4, 0.5) is 0 Å². The third kappa shape index (κ3) is 3.51. The van der Waals surface area contributed by atoms with Crippen LogP contribution >= 0.6 is 0 Å². The highest BCUT2D eigenvalue weighted by Crippen LogP contribution is 2.40. The van der Waals surface area contributed by atoms with E-state index in [1.807, 2.05) is 0 Å². The topological polar surface area (TPSA) is 34.1 Å². The normalized spacial score (nSPS) is 25.1. The Labute approximate surface area is 123 Å². The van der Waals surface area contributed by atoms with Crippen molar-refractivity contribution in [1.82, 2.24) is 0 Å². The van der Waals surface area contributed by atoms with Crippen LogP contribution in [-0.4, -0.2) is 11.6 Å². The predicted octanol–water partition coefficient (Wildman–Crippen LogP) is 4.85. The first-order valence-corrected chi connectivity index (χ1v) is 8.53. The van der Waals surface area contributed by atoms with Gasteiger partial charge in [-0.05, 0) is 25.7 Å². The number of ketones is 2. The lowest BCUT2D eigenvalue weighted by Gasteiger charge is -2.34. The van der Waals surface area contributed by atoms with E-state index in [9.17, 15) is 9.59 Å². The van der Waals surface area contributed by atoms with Gasteiger partial charge in [0.05, 0.1) is 0 Å². The highest BCUT2D eigenvalue weighted by molar-refractivity contribution is 5.91. The van der Waals surface area contributed by atoms with Gasteiger partial charge in [0.2, 0.25) is 0 Å². The molecule has 2 aliphatic carbocycles. The maximum absolute atomic E-state index is 12.5. The largest absolute Gasteiger partial charge is 0.299 e. The molecule has 0 aromatic carbocycles. The van der Waals surface area contributed by atoms with Crippen molar-refractivity contribution in [2.24, 2.45) is 10.8 Å². The van der Waals surface area contributed by atoms with E-state index in [0.717, 1.165) is 25.7 Å². The van der Waals surface area contributed by atoms with Gasteiger partial charge in [-0.2, -0.15) is 0 Å². The van der Waals surface area contributed by atoms with E-state index >= 15 is 0 Å². The summed E-state index contributed by atoms with van der Waals surface area (Å²) in [4.78, 5) is 24.9. The molecule has 0 heterocycles. The lowest BCUT2D eigenvalue weighted by Crippen LogP contribution is -2.33. The lowest BCUT2D eigenvalue weighted by molar-refractivity contribution is -0.135. The summed E-state index contributed by atoms with van der Waals surface area (Å²) >= 11 is 0. The lowest BCUT2D eigenvalue weighted by atomic mass is 9.69. The van der Waals surface area contributed by atoms with E-state index in [4.69, 9.17) is 0 Å². The van der Waals surface area contributed by atoms with Crippen molar-refractivity contribution in [1.29, 1.82) is 0 Å². The minimum atomic E-state index is -0.133. The SMILES string of the molecule is CC1(C(=O)CCC(=O)C2(C)CCCCC2)CCCCC1. The van der Waals surface area contributed by atoms with Crippen LogP contribution in [0.3, 0.4) is 0 Å². The van der Waals surface area contributed by atoms with Crippen molar-refractivity contribution in [2.45, 2.75) is 90.9 Å². The molecule has 0 N–H and O–H groups in total. The Balaban J connectivity index is 1.84. The van der Waals surface area contributed by atoms with E-state index in [0.29, 0.717) is 24.4 Å². The fourth-order valence-corrected chi connectivity index (χ4v) is 4.05. The van der Waals surface area contributed by atoms with Gasteiger partial charge in [0.1, 0.15) is 11.6 Å². The van der Waals surface area contributed by atoms with Crippen LogP contribution in [-0.2, 0) is 9.59 Å². The molecule has 0 aromatic rings. The molecule has 0 aliphatic heterocycles. The first kappa shape index (κ1) is 15.7. The summed E-state index contributed by atoms with van der Waals surface area (Å²) in [5.74, 6) is 0.676. The standard InChI is InChI=1S/C18H30O2/c1-17(11-5-3-6-12-17)15(19)9-10-16(20)18(2)13-7-4-8-14-18/h3-14H2,1-2H3. The Bertz CT molecular complexity index is 322. The molecule has 2 heteroatoms. The van der Waals surface area contributed by atoms with Crippen LogP contribution in [0.1, 0.15) is 90.9 Å². The number of rotatable bonds is 5. The van der Waals surface area contributed by atoms with E-state index in [1.165, 1.54) is 38.5 Å². The van der Waals surface area contributed by atoms with Crippen molar-refractivity contribution >= 4 is 11.6 Å². The minimum absolute atomic E-state index is 0.133. The predicted molar refractivity (Wildman–Crippen MR) is 81.6 cm³/mol. The monoisotopic (exact) mass is 278 g/mol. The van der Waals surface area contributed by atoms with E-state index in [-0.39, 0.29) is 10.8 Å². The van der Waals surface area contributed by atoms with Crippen LogP contribution in [0.2, 0.25) is 0 Å². The van der Waals surface area contributed by atoms with Crippen LogP contribution in [0.15, 0.2) is 0 Å². The molecule has 0 radical (unpaired) electrons. The summed E-state index contributed by atoms with van der Waals surface area (Å²) in [6.45, 7) is 4.22. The smallest absolute Gasteiger partial charge is 0.139 e. The third-order valence-corrected chi connectivity index (χ3v) is 5.84. The zero-order valence-electron chi connectivity index (χ0n) is 13.3. The molecule has 2 saturated carbocycles. The molecule has 0 aromatic heterocycles.